The molecule has 0 bridgehead atoms. The maximum Gasteiger partial charge on any atom is 0.220 e. The van der Waals surface area contributed by atoms with E-state index in [1.807, 2.05) is 0 Å². The third kappa shape index (κ3) is 5.66. The third-order valence-electron chi connectivity index (χ3n) is 4.65. The molecule has 3 N–H and O–H groups in total. The molecule has 2 aliphatic heterocycles. The van der Waals surface area contributed by atoms with Crippen LogP contribution in [0.5, 0.6) is 5.75 Å². The second-order valence-electron chi connectivity index (χ2n) is 6.67. The lowest BCUT2D eigenvalue weighted by molar-refractivity contribution is -0.124. The Morgan fingerprint density at radius 1 is 1.36 bits per heavy atom. The van der Waals surface area contributed by atoms with Gasteiger partial charge in [-0.05, 0) is 30.9 Å². The molecule has 1 aromatic rings. The third-order valence-corrected chi connectivity index (χ3v) is 4.65. The number of hydrazine groups is 1. The first-order valence-electron chi connectivity index (χ1n) is 8.96. The van der Waals surface area contributed by atoms with Crippen LogP contribution < -0.4 is 20.9 Å². The molecular weight excluding hydrogens is 325 g/mol. The van der Waals surface area contributed by atoms with Gasteiger partial charge in [0.2, 0.25) is 5.91 Å². The fourth-order valence-electron chi connectivity index (χ4n) is 3.25. The van der Waals surface area contributed by atoms with E-state index >= 15 is 0 Å². The van der Waals surface area contributed by atoms with E-state index in [9.17, 15) is 9.18 Å². The predicted molar refractivity (Wildman–Crippen MR) is 91.5 cm³/mol. The molecule has 2 aliphatic rings. The highest BCUT2D eigenvalue weighted by Crippen LogP contribution is 2.19. The molecule has 2 saturated heterocycles. The summed E-state index contributed by atoms with van der Waals surface area (Å²) in [7, 11) is 0. The number of hydrogen-bond acceptors (Lipinski definition) is 5. The van der Waals surface area contributed by atoms with Gasteiger partial charge in [0.1, 0.15) is 17.7 Å². The van der Waals surface area contributed by atoms with E-state index in [1.54, 1.807) is 12.1 Å². The number of rotatable bonds is 7. The standard InChI is InChI=1S/C18H26FN3O3/c19-14-4-2-5-15(9-14)25-17-7-8-24-12-16(17)22-18(23)6-1-3-13-10-20-21-11-13/h2,4-5,9,13,16-17,20-21H,1,3,6-8,10-12H2,(H,22,23)/t16-,17+/m1/s1. The minimum absolute atomic E-state index is 0.0160. The number of carbonyl (C=O) groups is 1. The number of amides is 1. The predicted octanol–water partition coefficient (Wildman–Crippen LogP) is 1.37. The second-order valence-corrected chi connectivity index (χ2v) is 6.67. The molecule has 2 fully saturated rings. The summed E-state index contributed by atoms with van der Waals surface area (Å²) in [6.45, 7) is 2.92. The zero-order valence-electron chi connectivity index (χ0n) is 14.3. The monoisotopic (exact) mass is 351 g/mol. The summed E-state index contributed by atoms with van der Waals surface area (Å²) >= 11 is 0. The smallest absolute Gasteiger partial charge is 0.220 e. The Kier molecular flexibility index (Phi) is 6.61. The van der Waals surface area contributed by atoms with Gasteiger partial charge in [-0.1, -0.05) is 6.07 Å². The molecular formula is C18H26FN3O3. The van der Waals surface area contributed by atoms with Gasteiger partial charge in [-0.15, -0.1) is 0 Å². The normalized spacial score (nSPS) is 24.2. The molecule has 0 aliphatic carbocycles. The van der Waals surface area contributed by atoms with Gasteiger partial charge in [0.05, 0.1) is 19.3 Å². The average Bonchev–Trinajstić information content (AvgIpc) is 3.10. The van der Waals surface area contributed by atoms with Crippen molar-refractivity contribution in [2.24, 2.45) is 5.92 Å². The number of hydrogen-bond donors (Lipinski definition) is 3. The van der Waals surface area contributed by atoms with Crippen molar-refractivity contribution in [3.05, 3.63) is 30.1 Å². The molecule has 0 radical (unpaired) electrons. The molecule has 25 heavy (non-hydrogen) atoms. The Morgan fingerprint density at radius 2 is 2.20 bits per heavy atom. The molecule has 7 heteroatoms. The maximum absolute atomic E-state index is 13.3. The number of nitrogens with one attached hydrogen (secondary N) is 3. The van der Waals surface area contributed by atoms with Crippen LogP contribution in [0.3, 0.4) is 0 Å². The van der Waals surface area contributed by atoms with Crippen molar-refractivity contribution < 1.29 is 18.7 Å². The van der Waals surface area contributed by atoms with Gasteiger partial charge in [0, 0.05) is 32.0 Å². The van der Waals surface area contributed by atoms with Crippen LogP contribution in [0.4, 0.5) is 4.39 Å². The lowest BCUT2D eigenvalue weighted by Crippen LogP contribution is -2.51. The van der Waals surface area contributed by atoms with Gasteiger partial charge in [-0.3, -0.25) is 15.6 Å². The van der Waals surface area contributed by atoms with E-state index < -0.39 is 0 Å². The summed E-state index contributed by atoms with van der Waals surface area (Å²) in [5.74, 6) is 0.755. The minimum Gasteiger partial charge on any atom is -0.488 e. The van der Waals surface area contributed by atoms with Crippen molar-refractivity contribution in [3.8, 4) is 5.75 Å². The van der Waals surface area contributed by atoms with E-state index in [2.05, 4.69) is 16.2 Å². The van der Waals surface area contributed by atoms with Crippen molar-refractivity contribution in [2.45, 2.75) is 37.8 Å². The highest BCUT2D eigenvalue weighted by molar-refractivity contribution is 5.76. The molecule has 6 nitrogen and oxygen atoms in total. The molecule has 1 amide bonds. The maximum atomic E-state index is 13.3. The number of ether oxygens (including phenoxy) is 2. The summed E-state index contributed by atoms with van der Waals surface area (Å²) in [4.78, 5) is 12.2. The fraction of sp³-hybridized carbons (Fsp3) is 0.611. The topological polar surface area (TPSA) is 71.6 Å². The van der Waals surface area contributed by atoms with Gasteiger partial charge in [-0.2, -0.15) is 0 Å². The van der Waals surface area contributed by atoms with Gasteiger partial charge < -0.3 is 14.8 Å². The minimum atomic E-state index is -0.332. The van der Waals surface area contributed by atoms with Crippen molar-refractivity contribution in [3.63, 3.8) is 0 Å². The quantitative estimate of drug-likeness (QED) is 0.692. The molecule has 0 saturated carbocycles. The molecule has 2 atom stereocenters. The summed E-state index contributed by atoms with van der Waals surface area (Å²) in [6, 6.07) is 5.87. The molecule has 0 spiro atoms. The first kappa shape index (κ1) is 18.1. The Hall–Kier alpha value is -1.70. The van der Waals surface area contributed by atoms with E-state index in [0.29, 0.717) is 37.7 Å². The highest BCUT2D eigenvalue weighted by Gasteiger charge is 2.29. The first-order valence-corrected chi connectivity index (χ1v) is 8.96. The van der Waals surface area contributed by atoms with Gasteiger partial charge in [-0.25, -0.2) is 4.39 Å². The number of halogens is 1. The SMILES string of the molecule is O=C(CCCC1CNNC1)N[C@@H]1COCC[C@@H]1Oc1cccc(F)c1. The van der Waals surface area contributed by atoms with Gasteiger partial charge in [0.15, 0.2) is 0 Å². The number of benzene rings is 1. The zero-order chi connectivity index (χ0) is 17.5. The summed E-state index contributed by atoms with van der Waals surface area (Å²) < 4.78 is 24.7. The van der Waals surface area contributed by atoms with Crippen LogP contribution in [-0.4, -0.2) is 44.4 Å². The molecule has 1 aromatic carbocycles. The van der Waals surface area contributed by atoms with Crippen LogP contribution >= 0.6 is 0 Å². The molecule has 138 valence electrons. The van der Waals surface area contributed by atoms with E-state index in [0.717, 1.165) is 25.9 Å². The Morgan fingerprint density at radius 3 is 3.00 bits per heavy atom. The lowest BCUT2D eigenvalue weighted by Gasteiger charge is -2.32. The van der Waals surface area contributed by atoms with Crippen molar-refractivity contribution in [1.82, 2.24) is 16.2 Å². The van der Waals surface area contributed by atoms with Crippen LogP contribution in [0, 0.1) is 11.7 Å². The van der Waals surface area contributed by atoms with Crippen LogP contribution in [-0.2, 0) is 9.53 Å². The van der Waals surface area contributed by atoms with E-state index in [1.165, 1.54) is 12.1 Å². The van der Waals surface area contributed by atoms with Crippen LogP contribution in [0.2, 0.25) is 0 Å². The summed E-state index contributed by atoms with van der Waals surface area (Å²) in [5, 5.41) is 3.02. The summed E-state index contributed by atoms with van der Waals surface area (Å²) in [5.41, 5.74) is 6.20. The van der Waals surface area contributed by atoms with Gasteiger partial charge >= 0.3 is 0 Å². The first-order chi connectivity index (χ1) is 12.2. The van der Waals surface area contributed by atoms with Gasteiger partial charge in [0.25, 0.3) is 0 Å². The van der Waals surface area contributed by atoms with Crippen LogP contribution in [0.25, 0.3) is 0 Å². The molecule has 3 rings (SSSR count). The van der Waals surface area contributed by atoms with Crippen LogP contribution in [0.15, 0.2) is 24.3 Å². The fourth-order valence-corrected chi connectivity index (χ4v) is 3.25. The molecule has 0 unspecified atom stereocenters. The van der Waals surface area contributed by atoms with Crippen molar-refractivity contribution in [1.29, 1.82) is 0 Å². The number of carbonyl (C=O) groups excluding carboxylic acids is 1. The van der Waals surface area contributed by atoms with Crippen molar-refractivity contribution in [2.75, 3.05) is 26.3 Å². The Bertz CT molecular complexity index is 566. The summed E-state index contributed by atoms with van der Waals surface area (Å²) in [6.07, 6.45) is 2.85. The average molecular weight is 351 g/mol. The van der Waals surface area contributed by atoms with E-state index in [4.69, 9.17) is 9.47 Å². The largest absolute Gasteiger partial charge is 0.488 e. The molecule has 0 aromatic heterocycles. The lowest BCUT2D eigenvalue weighted by atomic mass is 10.0. The van der Waals surface area contributed by atoms with Crippen molar-refractivity contribution >= 4 is 5.91 Å². The zero-order valence-corrected chi connectivity index (χ0v) is 14.3. The van der Waals surface area contributed by atoms with E-state index in [-0.39, 0.29) is 23.9 Å². The Labute approximate surface area is 147 Å². The second kappa shape index (κ2) is 9.12. The Balaban J connectivity index is 1.45. The molecule has 2 heterocycles. The van der Waals surface area contributed by atoms with Crippen LogP contribution in [0.1, 0.15) is 25.7 Å². The highest BCUT2D eigenvalue weighted by atomic mass is 19.1.